The largest absolute Gasteiger partial charge is 0.480 e. The zero-order chi connectivity index (χ0) is 16.7. The van der Waals surface area contributed by atoms with Crippen LogP contribution in [-0.4, -0.2) is 20.9 Å². The second-order valence-corrected chi connectivity index (χ2v) is 6.13. The fourth-order valence-corrected chi connectivity index (χ4v) is 2.34. The molecular formula is C16H19FN2O3. The highest BCUT2D eigenvalue weighted by Crippen LogP contribution is 2.29. The number of benzene rings is 1. The minimum atomic E-state index is -1.53. The van der Waals surface area contributed by atoms with Crippen LogP contribution in [0.5, 0.6) is 0 Å². The normalized spacial score (nSPS) is 12.1. The molecule has 0 unspecified atom stereocenters. The van der Waals surface area contributed by atoms with Gasteiger partial charge in [-0.15, -0.1) is 0 Å². The number of carbonyl (C=O) groups is 1. The van der Waals surface area contributed by atoms with Crippen molar-refractivity contribution in [2.75, 3.05) is 0 Å². The summed E-state index contributed by atoms with van der Waals surface area (Å²) in [5, 5.41) is 14.0. The topological polar surface area (TPSA) is 72.2 Å². The van der Waals surface area contributed by atoms with Gasteiger partial charge in [-0.2, -0.15) is 5.10 Å². The number of hydrogen-bond donors (Lipinski definition) is 1. The molecule has 0 spiro atoms. The van der Waals surface area contributed by atoms with Gasteiger partial charge in [0.25, 0.3) is 5.56 Å². The van der Waals surface area contributed by atoms with Crippen molar-refractivity contribution in [3.8, 4) is 0 Å². The van der Waals surface area contributed by atoms with Crippen LogP contribution in [0.2, 0.25) is 0 Å². The molecule has 1 aromatic carbocycles. The highest BCUT2D eigenvalue weighted by Gasteiger charge is 2.21. The van der Waals surface area contributed by atoms with Gasteiger partial charge in [0, 0.05) is 5.39 Å². The molecule has 6 heteroatoms. The van der Waals surface area contributed by atoms with Crippen LogP contribution in [0.4, 0.5) is 4.39 Å². The Morgan fingerprint density at radius 1 is 1.36 bits per heavy atom. The summed E-state index contributed by atoms with van der Waals surface area (Å²) in [6.45, 7) is 6.19. The lowest BCUT2D eigenvalue weighted by Gasteiger charge is -2.17. The fourth-order valence-electron chi connectivity index (χ4n) is 2.34. The van der Waals surface area contributed by atoms with Gasteiger partial charge in [0.15, 0.2) is 0 Å². The van der Waals surface area contributed by atoms with Gasteiger partial charge in [0.1, 0.15) is 12.2 Å². The zero-order valence-corrected chi connectivity index (χ0v) is 13.1. The Hall–Kier alpha value is -2.24. The maximum absolute atomic E-state index is 14.2. The number of carboxylic acids is 1. The molecular weight excluding hydrogens is 287 g/mol. The number of aromatic nitrogens is 2. The smallest absolute Gasteiger partial charge is 0.325 e. The molecule has 118 valence electrons. The molecule has 0 aliphatic carbocycles. The van der Waals surface area contributed by atoms with E-state index >= 15 is 0 Å². The summed E-state index contributed by atoms with van der Waals surface area (Å²) in [4.78, 5) is 23.2. The Labute approximate surface area is 127 Å². The highest BCUT2D eigenvalue weighted by molar-refractivity contribution is 5.85. The van der Waals surface area contributed by atoms with Crippen LogP contribution in [-0.2, 0) is 17.0 Å². The first kappa shape index (κ1) is 16.1. The number of fused-ring (bicyclic) bond motifs is 1. The van der Waals surface area contributed by atoms with Crippen LogP contribution >= 0.6 is 0 Å². The molecule has 0 saturated carbocycles. The Morgan fingerprint density at radius 3 is 2.50 bits per heavy atom. The molecule has 1 N–H and O–H groups in total. The molecule has 2 aromatic rings. The first-order valence-corrected chi connectivity index (χ1v) is 7.07. The van der Waals surface area contributed by atoms with Gasteiger partial charge in [-0.05, 0) is 37.5 Å². The van der Waals surface area contributed by atoms with Gasteiger partial charge in [-0.25, -0.2) is 9.07 Å². The van der Waals surface area contributed by atoms with Gasteiger partial charge in [-0.1, -0.05) is 19.9 Å². The maximum Gasteiger partial charge on any atom is 0.325 e. The second-order valence-electron chi connectivity index (χ2n) is 6.13. The third-order valence-electron chi connectivity index (χ3n) is 3.51. The van der Waals surface area contributed by atoms with Crippen LogP contribution in [0.15, 0.2) is 23.0 Å². The lowest BCUT2D eigenvalue weighted by Crippen LogP contribution is -2.28. The lowest BCUT2D eigenvalue weighted by molar-refractivity contribution is -0.138. The molecule has 0 bridgehead atoms. The summed E-state index contributed by atoms with van der Waals surface area (Å²) in [5.41, 5.74) is -0.968. The van der Waals surface area contributed by atoms with Crippen LogP contribution in [0.1, 0.15) is 44.9 Å². The molecule has 0 aliphatic rings. The first-order valence-electron chi connectivity index (χ1n) is 7.07. The van der Waals surface area contributed by atoms with Gasteiger partial charge < -0.3 is 5.11 Å². The van der Waals surface area contributed by atoms with Gasteiger partial charge in [0.2, 0.25) is 0 Å². The summed E-state index contributed by atoms with van der Waals surface area (Å²) >= 11 is 0. The Balaban J connectivity index is 2.81. The molecule has 22 heavy (non-hydrogen) atoms. The molecule has 1 aromatic heterocycles. The summed E-state index contributed by atoms with van der Waals surface area (Å²) in [7, 11) is 0. The first-order chi connectivity index (χ1) is 10.1. The van der Waals surface area contributed by atoms with Crippen LogP contribution in [0, 0.1) is 0 Å². The molecule has 0 fully saturated rings. The van der Waals surface area contributed by atoms with Crippen molar-refractivity contribution in [2.45, 2.75) is 45.8 Å². The van der Waals surface area contributed by atoms with Gasteiger partial charge in [0.05, 0.1) is 11.1 Å². The van der Waals surface area contributed by atoms with E-state index in [0.717, 1.165) is 4.68 Å². The molecule has 1 heterocycles. The number of nitrogens with zero attached hydrogens (tertiary/aromatic N) is 2. The number of alkyl halides is 1. The van der Waals surface area contributed by atoms with E-state index in [0.29, 0.717) is 22.0 Å². The number of rotatable bonds is 4. The van der Waals surface area contributed by atoms with Crippen molar-refractivity contribution >= 4 is 16.7 Å². The zero-order valence-electron chi connectivity index (χ0n) is 13.1. The average molecular weight is 306 g/mol. The van der Waals surface area contributed by atoms with Crippen LogP contribution < -0.4 is 5.56 Å². The van der Waals surface area contributed by atoms with E-state index in [1.165, 1.54) is 13.8 Å². The predicted molar refractivity (Wildman–Crippen MR) is 81.9 cm³/mol. The Bertz CT molecular complexity index is 788. The van der Waals surface area contributed by atoms with Crippen molar-refractivity contribution in [3.63, 3.8) is 0 Å². The maximum atomic E-state index is 14.2. The van der Waals surface area contributed by atoms with E-state index in [-0.39, 0.29) is 5.92 Å². The molecule has 0 amide bonds. The van der Waals surface area contributed by atoms with E-state index in [2.05, 4.69) is 5.10 Å². The fraction of sp³-hybridized carbons (Fsp3) is 0.438. The summed E-state index contributed by atoms with van der Waals surface area (Å²) in [6, 6.07) is 4.73. The summed E-state index contributed by atoms with van der Waals surface area (Å²) in [6.07, 6.45) is 0. The summed E-state index contributed by atoms with van der Waals surface area (Å²) in [5.74, 6) is -1.16. The van der Waals surface area contributed by atoms with Crippen LogP contribution in [0.25, 0.3) is 10.8 Å². The standard InChI is InChI=1S/C16H19FN2O3/c1-9(2)14-12-7-10(16(3,4)17)5-6-11(12)15(22)19(18-14)8-13(20)21/h5-7,9H,8H2,1-4H3,(H,20,21). The van der Waals surface area contributed by atoms with E-state index in [1.807, 2.05) is 13.8 Å². The highest BCUT2D eigenvalue weighted by atomic mass is 19.1. The predicted octanol–water partition coefficient (Wildman–Crippen LogP) is 2.81. The summed E-state index contributed by atoms with van der Waals surface area (Å²) < 4.78 is 15.1. The number of hydrogen-bond acceptors (Lipinski definition) is 3. The van der Waals surface area contributed by atoms with E-state index in [9.17, 15) is 14.0 Å². The van der Waals surface area contributed by atoms with Crippen molar-refractivity contribution in [2.24, 2.45) is 0 Å². The monoisotopic (exact) mass is 306 g/mol. The minimum Gasteiger partial charge on any atom is -0.480 e. The Morgan fingerprint density at radius 2 is 2.00 bits per heavy atom. The van der Waals surface area contributed by atoms with E-state index in [4.69, 9.17) is 5.11 Å². The minimum absolute atomic E-state index is 0.0267. The average Bonchev–Trinajstić information content (AvgIpc) is 2.39. The van der Waals surface area contributed by atoms with Crippen molar-refractivity contribution in [3.05, 3.63) is 39.8 Å². The quantitative estimate of drug-likeness (QED) is 0.942. The molecule has 0 atom stereocenters. The molecule has 5 nitrogen and oxygen atoms in total. The third kappa shape index (κ3) is 3.00. The van der Waals surface area contributed by atoms with E-state index < -0.39 is 23.7 Å². The van der Waals surface area contributed by atoms with Crippen molar-refractivity contribution in [1.29, 1.82) is 0 Å². The number of halogens is 1. The van der Waals surface area contributed by atoms with E-state index in [1.54, 1.807) is 18.2 Å². The molecule has 0 saturated heterocycles. The van der Waals surface area contributed by atoms with Gasteiger partial charge in [-0.3, -0.25) is 9.59 Å². The number of aliphatic carboxylic acids is 1. The van der Waals surface area contributed by atoms with Crippen molar-refractivity contribution < 1.29 is 14.3 Å². The van der Waals surface area contributed by atoms with Crippen LogP contribution in [0.3, 0.4) is 0 Å². The lowest BCUT2D eigenvalue weighted by atomic mass is 9.95. The Kier molecular flexibility index (Phi) is 4.04. The number of carboxylic acid groups (broad SMARTS) is 1. The molecule has 0 radical (unpaired) electrons. The SMILES string of the molecule is CC(C)c1nn(CC(=O)O)c(=O)c2ccc(C(C)(C)F)cc12. The van der Waals surface area contributed by atoms with Gasteiger partial charge >= 0.3 is 5.97 Å². The third-order valence-corrected chi connectivity index (χ3v) is 3.51. The van der Waals surface area contributed by atoms with Crippen molar-refractivity contribution in [1.82, 2.24) is 9.78 Å². The second kappa shape index (κ2) is 5.51. The molecule has 2 rings (SSSR count). The molecule has 0 aliphatic heterocycles.